The zero-order valence-electron chi connectivity index (χ0n) is 11.0. The SMILES string of the molecule is COC(=O)c1ccccc1NC(=O)C(=O)Nc1ccn[nH]1. The van der Waals surface area contributed by atoms with Gasteiger partial charge in [-0.2, -0.15) is 5.10 Å². The third-order valence-electron chi connectivity index (χ3n) is 2.54. The highest BCUT2D eigenvalue weighted by molar-refractivity contribution is 6.43. The number of anilines is 2. The van der Waals surface area contributed by atoms with Gasteiger partial charge in [0.1, 0.15) is 5.82 Å². The third kappa shape index (κ3) is 3.44. The molecule has 0 saturated heterocycles. The molecule has 1 aromatic heterocycles. The number of para-hydroxylation sites is 1. The van der Waals surface area contributed by atoms with Crippen LogP contribution in [0.3, 0.4) is 0 Å². The van der Waals surface area contributed by atoms with E-state index >= 15 is 0 Å². The molecule has 2 amide bonds. The van der Waals surface area contributed by atoms with Crippen LogP contribution in [0.1, 0.15) is 10.4 Å². The summed E-state index contributed by atoms with van der Waals surface area (Å²) in [5, 5.41) is 10.8. The summed E-state index contributed by atoms with van der Waals surface area (Å²) in [6.45, 7) is 0. The molecule has 21 heavy (non-hydrogen) atoms. The molecule has 2 aromatic rings. The number of hydrogen-bond acceptors (Lipinski definition) is 5. The summed E-state index contributed by atoms with van der Waals surface area (Å²) in [5.41, 5.74) is 0.344. The second kappa shape index (κ2) is 6.33. The van der Waals surface area contributed by atoms with Crippen LogP contribution in [0.2, 0.25) is 0 Å². The molecule has 8 nitrogen and oxygen atoms in total. The molecule has 8 heteroatoms. The summed E-state index contributed by atoms with van der Waals surface area (Å²) in [6, 6.07) is 7.71. The number of carbonyl (C=O) groups excluding carboxylic acids is 3. The molecule has 0 bridgehead atoms. The van der Waals surface area contributed by atoms with E-state index < -0.39 is 17.8 Å². The smallest absolute Gasteiger partial charge is 0.339 e. The molecule has 0 radical (unpaired) electrons. The summed E-state index contributed by atoms with van der Waals surface area (Å²) in [7, 11) is 1.23. The number of amides is 2. The highest BCUT2D eigenvalue weighted by Gasteiger charge is 2.18. The predicted octanol–water partition coefficient (Wildman–Crippen LogP) is 0.773. The fourth-order valence-corrected chi connectivity index (χ4v) is 1.56. The lowest BCUT2D eigenvalue weighted by atomic mass is 10.2. The number of ether oxygens (including phenoxy) is 1. The van der Waals surface area contributed by atoms with Gasteiger partial charge in [0.05, 0.1) is 24.6 Å². The Labute approximate surface area is 119 Å². The number of benzene rings is 1. The van der Waals surface area contributed by atoms with Crippen LogP contribution < -0.4 is 10.6 Å². The number of aromatic nitrogens is 2. The Kier molecular flexibility index (Phi) is 4.30. The molecule has 0 saturated carbocycles. The Hall–Kier alpha value is -3.16. The molecule has 108 valence electrons. The number of H-pyrrole nitrogens is 1. The Balaban J connectivity index is 2.09. The Bertz CT molecular complexity index is 667. The molecule has 0 fully saturated rings. The van der Waals surface area contributed by atoms with Crippen molar-refractivity contribution in [3.63, 3.8) is 0 Å². The molecular weight excluding hydrogens is 276 g/mol. The van der Waals surface area contributed by atoms with Gasteiger partial charge in [0.25, 0.3) is 0 Å². The van der Waals surface area contributed by atoms with Gasteiger partial charge in [-0.15, -0.1) is 0 Å². The highest BCUT2D eigenvalue weighted by atomic mass is 16.5. The molecule has 0 aliphatic rings. The van der Waals surface area contributed by atoms with Crippen molar-refractivity contribution in [2.24, 2.45) is 0 Å². The number of aromatic amines is 1. The summed E-state index contributed by atoms with van der Waals surface area (Å²) < 4.78 is 4.60. The number of carbonyl (C=O) groups is 3. The fraction of sp³-hybridized carbons (Fsp3) is 0.0769. The molecule has 3 N–H and O–H groups in total. The van der Waals surface area contributed by atoms with Gasteiger partial charge in [-0.1, -0.05) is 12.1 Å². The minimum Gasteiger partial charge on any atom is -0.465 e. The maximum atomic E-state index is 11.8. The van der Waals surface area contributed by atoms with Crippen LogP contribution >= 0.6 is 0 Å². The van der Waals surface area contributed by atoms with E-state index in [0.717, 1.165) is 0 Å². The molecule has 2 rings (SSSR count). The van der Waals surface area contributed by atoms with E-state index in [0.29, 0.717) is 0 Å². The lowest BCUT2D eigenvalue weighted by molar-refractivity contribution is -0.133. The van der Waals surface area contributed by atoms with E-state index in [2.05, 4.69) is 25.6 Å². The standard InChI is InChI=1S/C13H12N4O4/c1-21-13(20)8-4-2-3-5-9(8)15-11(18)12(19)16-10-6-7-14-17-10/h2-7H,1H3,(H,15,18)(H2,14,16,17,19). The van der Waals surface area contributed by atoms with Crippen molar-refractivity contribution in [2.75, 3.05) is 17.7 Å². The largest absolute Gasteiger partial charge is 0.465 e. The average Bonchev–Trinajstić information content (AvgIpc) is 2.99. The molecule has 1 aromatic carbocycles. The van der Waals surface area contributed by atoms with E-state index in [4.69, 9.17) is 0 Å². The first-order valence-corrected chi connectivity index (χ1v) is 5.91. The van der Waals surface area contributed by atoms with E-state index in [1.807, 2.05) is 0 Å². The van der Waals surface area contributed by atoms with Crippen LogP contribution in [0.5, 0.6) is 0 Å². The van der Waals surface area contributed by atoms with Crippen LogP contribution in [-0.4, -0.2) is 35.1 Å². The number of methoxy groups -OCH3 is 1. The number of hydrogen-bond donors (Lipinski definition) is 3. The quantitative estimate of drug-likeness (QED) is 0.570. The number of nitrogens with one attached hydrogen (secondary N) is 3. The first-order chi connectivity index (χ1) is 10.1. The van der Waals surface area contributed by atoms with Crippen LogP contribution in [0.25, 0.3) is 0 Å². The second-order valence-corrected chi connectivity index (χ2v) is 3.92. The van der Waals surface area contributed by atoms with Crippen molar-refractivity contribution in [2.45, 2.75) is 0 Å². The second-order valence-electron chi connectivity index (χ2n) is 3.92. The van der Waals surface area contributed by atoms with Crippen LogP contribution in [0.15, 0.2) is 36.5 Å². The summed E-state index contributed by atoms with van der Waals surface area (Å²) in [4.78, 5) is 35.0. The molecular formula is C13H12N4O4. The van der Waals surface area contributed by atoms with Gasteiger partial charge in [-0.05, 0) is 12.1 Å². The molecule has 0 spiro atoms. The number of rotatable bonds is 3. The van der Waals surface area contributed by atoms with E-state index in [1.54, 1.807) is 12.1 Å². The van der Waals surface area contributed by atoms with Crippen molar-refractivity contribution in [3.05, 3.63) is 42.1 Å². The number of nitrogens with zero attached hydrogens (tertiary/aromatic N) is 1. The monoisotopic (exact) mass is 288 g/mol. The molecule has 1 heterocycles. The van der Waals surface area contributed by atoms with Crippen LogP contribution in [-0.2, 0) is 14.3 Å². The minimum absolute atomic E-state index is 0.155. The molecule has 0 unspecified atom stereocenters. The maximum absolute atomic E-state index is 11.8. The van der Waals surface area contributed by atoms with Gasteiger partial charge in [0.15, 0.2) is 0 Å². The Morgan fingerprint density at radius 2 is 1.81 bits per heavy atom. The minimum atomic E-state index is -0.916. The first-order valence-electron chi connectivity index (χ1n) is 5.91. The lowest BCUT2D eigenvalue weighted by Gasteiger charge is -2.09. The van der Waals surface area contributed by atoms with Crippen LogP contribution in [0.4, 0.5) is 11.5 Å². The van der Waals surface area contributed by atoms with E-state index in [1.165, 1.54) is 31.5 Å². The average molecular weight is 288 g/mol. The zero-order valence-corrected chi connectivity index (χ0v) is 11.0. The van der Waals surface area contributed by atoms with Gasteiger partial charge in [0, 0.05) is 6.07 Å². The molecule has 0 atom stereocenters. The summed E-state index contributed by atoms with van der Waals surface area (Å²) in [6.07, 6.45) is 1.43. The molecule has 0 aliphatic carbocycles. The summed E-state index contributed by atoms with van der Waals surface area (Å²) in [5.74, 6) is -2.13. The maximum Gasteiger partial charge on any atom is 0.339 e. The van der Waals surface area contributed by atoms with Gasteiger partial charge >= 0.3 is 17.8 Å². The van der Waals surface area contributed by atoms with Gasteiger partial charge < -0.3 is 15.4 Å². The highest BCUT2D eigenvalue weighted by Crippen LogP contribution is 2.16. The van der Waals surface area contributed by atoms with E-state index in [9.17, 15) is 14.4 Å². The summed E-state index contributed by atoms with van der Waals surface area (Å²) >= 11 is 0. The van der Waals surface area contributed by atoms with Gasteiger partial charge in [-0.3, -0.25) is 14.7 Å². The van der Waals surface area contributed by atoms with Crippen molar-refractivity contribution >= 4 is 29.3 Å². The first kappa shape index (κ1) is 14.3. The van der Waals surface area contributed by atoms with Crippen molar-refractivity contribution in [1.82, 2.24) is 10.2 Å². The van der Waals surface area contributed by atoms with Crippen molar-refractivity contribution in [3.8, 4) is 0 Å². The van der Waals surface area contributed by atoms with Crippen LogP contribution in [0, 0.1) is 0 Å². The normalized spacial score (nSPS) is 9.76. The predicted molar refractivity (Wildman–Crippen MR) is 73.6 cm³/mol. The Morgan fingerprint density at radius 1 is 1.10 bits per heavy atom. The van der Waals surface area contributed by atoms with Crippen molar-refractivity contribution in [1.29, 1.82) is 0 Å². The zero-order chi connectivity index (χ0) is 15.2. The van der Waals surface area contributed by atoms with E-state index in [-0.39, 0.29) is 17.1 Å². The lowest BCUT2D eigenvalue weighted by Crippen LogP contribution is -2.29. The van der Waals surface area contributed by atoms with Gasteiger partial charge in [0.2, 0.25) is 0 Å². The molecule has 0 aliphatic heterocycles. The van der Waals surface area contributed by atoms with Gasteiger partial charge in [-0.25, -0.2) is 4.79 Å². The third-order valence-corrected chi connectivity index (χ3v) is 2.54. The number of esters is 1. The fourth-order valence-electron chi connectivity index (χ4n) is 1.56. The topological polar surface area (TPSA) is 113 Å². The van der Waals surface area contributed by atoms with Crippen molar-refractivity contribution < 1.29 is 19.1 Å². The Morgan fingerprint density at radius 3 is 2.48 bits per heavy atom.